The van der Waals surface area contributed by atoms with Gasteiger partial charge in [0.25, 0.3) is 5.91 Å². The molecule has 0 fully saturated rings. The van der Waals surface area contributed by atoms with Gasteiger partial charge in [0.15, 0.2) is 6.61 Å². The molecule has 1 atom stereocenters. The number of alkyl halides is 3. The first-order chi connectivity index (χ1) is 14.8. The Morgan fingerprint density at radius 2 is 1.94 bits per heavy atom. The summed E-state index contributed by atoms with van der Waals surface area (Å²) in [5, 5.41) is 2.81. The van der Waals surface area contributed by atoms with E-state index in [4.69, 9.17) is 4.74 Å². The van der Waals surface area contributed by atoms with Crippen molar-refractivity contribution in [1.29, 1.82) is 0 Å². The first-order valence-electron chi connectivity index (χ1n) is 10.0. The number of amides is 2. The van der Waals surface area contributed by atoms with Crippen molar-refractivity contribution in [2.24, 2.45) is 5.41 Å². The zero-order chi connectivity index (χ0) is 23.8. The molecule has 2 aromatic rings. The van der Waals surface area contributed by atoms with E-state index in [-0.39, 0.29) is 30.3 Å². The lowest BCUT2D eigenvalue weighted by Gasteiger charge is -2.24. The molecule has 32 heavy (non-hydrogen) atoms. The SMILES string of the molecule is Cc1cc(CN2C(=O)c3ccnc(NC(=O)C(C)(C)C)c3C2C)cnc1OCC(F)(F)F. The molecule has 2 amide bonds. The number of aryl methyl sites for hydroxylation is 1. The lowest BCUT2D eigenvalue weighted by Crippen LogP contribution is -2.29. The fraction of sp³-hybridized carbons (Fsp3) is 0.455. The highest BCUT2D eigenvalue weighted by atomic mass is 19.4. The number of pyridine rings is 2. The summed E-state index contributed by atoms with van der Waals surface area (Å²) in [6.45, 7) is 7.54. The van der Waals surface area contributed by atoms with E-state index < -0.39 is 18.2 Å². The molecule has 172 valence electrons. The largest absolute Gasteiger partial charge is 0.468 e. The number of carbonyl (C=O) groups is 2. The number of rotatable bonds is 5. The van der Waals surface area contributed by atoms with Crippen LogP contribution in [0.2, 0.25) is 0 Å². The Kier molecular flexibility index (Phi) is 6.17. The summed E-state index contributed by atoms with van der Waals surface area (Å²) >= 11 is 0. The fourth-order valence-electron chi connectivity index (χ4n) is 3.38. The summed E-state index contributed by atoms with van der Waals surface area (Å²) in [4.78, 5) is 35.3. The van der Waals surface area contributed by atoms with Crippen LogP contribution >= 0.6 is 0 Å². The van der Waals surface area contributed by atoms with E-state index in [1.54, 1.807) is 44.7 Å². The Balaban J connectivity index is 1.80. The van der Waals surface area contributed by atoms with E-state index in [0.29, 0.717) is 28.1 Å². The van der Waals surface area contributed by atoms with Gasteiger partial charge >= 0.3 is 6.18 Å². The summed E-state index contributed by atoms with van der Waals surface area (Å²) in [6, 6.07) is 2.88. The summed E-state index contributed by atoms with van der Waals surface area (Å²) in [6.07, 6.45) is -1.59. The van der Waals surface area contributed by atoms with Crippen LogP contribution in [0.4, 0.5) is 19.0 Å². The Morgan fingerprint density at radius 3 is 2.53 bits per heavy atom. The second kappa shape index (κ2) is 8.40. The van der Waals surface area contributed by atoms with Crippen LogP contribution in [0, 0.1) is 12.3 Å². The van der Waals surface area contributed by atoms with E-state index in [2.05, 4.69) is 15.3 Å². The number of nitrogens with zero attached hydrogens (tertiary/aromatic N) is 3. The third-order valence-corrected chi connectivity index (χ3v) is 5.09. The second-order valence-corrected chi connectivity index (χ2v) is 8.80. The van der Waals surface area contributed by atoms with Crippen molar-refractivity contribution < 1.29 is 27.5 Å². The Bertz CT molecular complexity index is 1050. The molecule has 1 N–H and O–H groups in total. The lowest BCUT2D eigenvalue weighted by atomic mass is 9.95. The van der Waals surface area contributed by atoms with Crippen LogP contribution in [0.15, 0.2) is 24.5 Å². The molecule has 7 nitrogen and oxygen atoms in total. The Morgan fingerprint density at radius 1 is 1.25 bits per heavy atom. The minimum absolute atomic E-state index is 0.105. The molecule has 0 saturated heterocycles. The average molecular weight is 450 g/mol. The van der Waals surface area contributed by atoms with Gasteiger partial charge in [0.2, 0.25) is 11.8 Å². The first-order valence-corrected chi connectivity index (χ1v) is 10.0. The van der Waals surface area contributed by atoms with Gasteiger partial charge in [0.1, 0.15) is 5.82 Å². The van der Waals surface area contributed by atoms with E-state index in [9.17, 15) is 22.8 Å². The number of hydrogen-bond acceptors (Lipinski definition) is 5. The highest BCUT2D eigenvalue weighted by Gasteiger charge is 2.37. The van der Waals surface area contributed by atoms with Crippen molar-refractivity contribution in [3.63, 3.8) is 0 Å². The van der Waals surface area contributed by atoms with Crippen LogP contribution in [0.3, 0.4) is 0 Å². The van der Waals surface area contributed by atoms with Crippen LogP contribution in [-0.4, -0.2) is 39.5 Å². The molecule has 1 aliphatic rings. The molecule has 0 bridgehead atoms. The van der Waals surface area contributed by atoms with Gasteiger partial charge in [-0.2, -0.15) is 13.2 Å². The molecule has 2 aromatic heterocycles. The number of carbonyl (C=O) groups excluding carboxylic acids is 2. The average Bonchev–Trinajstić information content (AvgIpc) is 2.91. The normalized spacial score (nSPS) is 16.2. The van der Waals surface area contributed by atoms with Crippen LogP contribution in [-0.2, 0) is 11.3 Å². The summed E-state index contributed by atoms with van der Waals surface area (Å²) < 4.78 is 41.9. The molecule has 0 saturated carbocycles. The molecule has 3 rings (SSSR count). The van der Waals surface area contributed by atoms with Gasteiger partial charge in [0.05, 0.1) is 11.6 Å². The van der Waals surface area contributed by atoms with Crippen molar-refractivity contribution >= 4 is 17.6 Å². The molecule has 1 unspecified atom stereocenters. The van der Waals surface area contributed by atoms with Gasteiger partial charge in [-0.25, -0.2) is 9.97 Å². The van der Waals surface area contributed by atoms with Gasteiger partial charge in [-0.1, -0.05) is 20.8 Å². The number of hydrogen-bond donors (Lipinski definition) is 1. The topological polar surface area (TPSA) is 84.4 Å². The van der Waals surface area contributed by atoms with Crippen LogP contribution in [0.1, 0.15) is 60.8 Å². The molecule has 0 aliphatic carbocycles. The monoisotopic (exact) mass is 450 g/mol. The van der Waals surface area contributed by atoms with Gasteiger partial charge in [-0.3, -0.25) is 9.59 Å². The van der Waals surface area contributed by atoms with Crippen LogP contribution in [0.25, 0.3) is 0 Å². The molecule has 3 heterocycles. The van der Waals surface area contributed by atoms with Crippen molar-refractivity contribution in [2.45, 2.75) is 53.4 Å². The zero-order valence-corrected chi connectivity index (χ0v) is 18.5. The zero-order valence-electron chi connectivity index (χ0n) is 18.5. The Labute approximate surface area is 184 Å². The summed E-state index contributed by atoms with van der Waals surface area (Å²) in [7, 11) is 0. The molecule has 0 aromatic carbocycles. The predicted octanol–water partition coefficient (Wildman–Crippen LogP) is 4.43. The summed E-state index contributed by atoms with van der Waals surface area (Å²) in [5.74, 6) is -0.204. The van der Waals surface area contributed by atoms with E-state index >= 15 is 0 Å². The summed E-state index contributed by atoms with van der Waals surface area (Å²) in [5.41, 5.74) is 1.53. The van der Waals surface area contributed by atoms with E-state index in [1.807, 2.05) is 6.92 Å². The van der Waals surface area contributed by atoms with Crippen LogP contribution in [0.5, 0.6) is 5.88 Å². The molecule has 10 heteroatoms. The maximum Gasteiger partial charge on any atom is 0.422 e. The molecule has 0 spiro atoms. The lowest BCUT2D eigenvalue weighted by molar-refractivity contribution is -0.154. The maximum atomic E-state index is 13.0. The van der Waals surface area contributed by atoms with Crippen LogP contribution < -0.4 is 10.1 Å². The van der Waals surface area contributed by atoms with Crippen molar-refractivity contribution in [1.82, 2.24) is 14.9 Å². The number of anilines is 1. The second-order valence-electron chi connectivity index (χ2n) is 8.80. The standard InChI is InChI=1S/C22H25F3N4O3/c1-12-8-14(9-27-18(12)32-11-22(23,24)25)10-29-13(2)16-15(19(29)30)6-7-26-17(16)28-20(31)21(3,4)5/h6-9,13H,10-11H2,1-5H3,(H,26,28,31). The molecular weight excluding hydrogens is 425 g/mol. The molecular formula is C22H25F3N4O3. The van der Waals surface area contributed by atoms with Gasteiger partial charge < -0.3 is 15.0 Å². The van der Waals surface area contributed by atoms with Crippen molar-refractivity contribution in [2.75, 3.05) is 11.9 Å². The molecule has 1 aliphatic heterocycles. The van der Waals surface area contributed by atoms with Gasteiger partial charge in [-0.05, 0) is 31.5 Å². The first kappa shape index (κ1) is 23.5. The number of aromatic nitrogens is 2. The predicted molar refractivity (Wildman–Crippen MR) is 111 cm³/mol. The fourth-order valence-corrected chi connectivity index (χ4v) is 3.38. The third kappa shape index (κ3) is 5.00. The van der Waals surface area contributed by atoms with Crippen molar-refractivity contribution in [3.05, 3.63) is 46.8 Å². The molecule has 0 radical (unpaired) electrons. The highest BCUT2D eigenvalue weighted by molar-refractivity contribution is 6.02. The Hall–Kier alpha value is -3.17. The number of nitrogens with one attached hydrogen (secondary N) is 1. The van der Waals surface area contributed by atoms with Gasteiger partial charge in [-0.15, -0.1) is 0 Å². The van der Waals surface area contributed by atoms with Gasteiger partial charge in [0, 0.05) is 35.5 Å². The quantitative estimate of drug-likeness (QED) is 0.729. The number of fused-ring (bicyclic) bond motifs is 1. The smallest absolute Gasteiger partial charge is 0.422 e. The van der Waals surface area contributed by atoms with E-state index in [0.717, 1.165) is 0 Å². The minimum atomic E-state index is -4.45. The minimum Gasteiger partial charge on any atom is -0.468 e. The maximum absolute atomic E-state index is 13.0. The highest BCUT2D eigenvalue weighted by Crippen LogP contribution is 2.38. The van der Waals surface area contributed by atoms with E-state index in [1.165, 1.54) is 12.4 Å². The number of ether oxygens (including phenoxy) is 1. The number of halogens is 3. The van der Waals surface area contributed by atoms with Crippen molar-refractivity contribution in [3.8, 4) is 5.88 Å². The third-order valence-electron chi connectivity index (χ3n) is 5.09.